The van der Waals surface area contributed by atoms with Crippen LogP contribution in [0.1, 0.15) is 68.1 Å². The number of anilines is 1. The number of nitrogens with zero attached hydrogens (tertiary/aromatic N) is 1. The van der Waals surface area contributed by atoms with Crippen molar-refractivity contribution in [2.45, 2.75) is 70.8 Å². The van der Waals surface area contributed by atoms with E-state index in [9.17, 15) is 19.8 Å². The van der Waals surface area contributed by atoms with E-state index in [1.807, 2.05) is 32.9 Å². The second-order valence-corrected chi connectivity index (χ2v) is 13.4. The van der Waals surface area contributed by atoms with E-state index in [2.05, 4.69) is 10.3 Å². The van der Waals surface area contributed by atoms with Crippen LogP contribution in [-0.2, 0) is 10.4 Å². The number of amides is 1. The zero-order chi connectivity index (χ0) is 28.0. The minimum absolute atomic E-state index is 0.0682. The summed E-state index contributed by atoms with van der Waals surface area (Å²) in [5, 5.41) is 29.0. The molecule has 3 N–H and O–H groups in total. The van der Waals surface area contributed by atoms with Gasteiger partial charge in [0.25, 0.3) is 5.91 Å². The second-order valence-electron chi connectivity index (χ2n) is 12.5. The van der Waals surface area contributed by atoms with E-state index in [4.69, 9.17) is 0 Å². The van der Waals surface area contributed by atoms with Crippen molar-refractivity contribution in [3.05, 3.63) is 70.3 Å². The predicted molar refractivity (Wildman–Crippen MR) is 148 cm³/mol. The number of hydrogen-bond donors (Lipinski definition) is 3. The molecule has 8 unspecified atom stereocenters. The molecule has 0 saturated heterocycles. The number of aliphatic hydroxyl groups excluding tert-OH is 1. The van der Waals surface area contributed by atoms with Gasteiger partial charge in [-0.3, -0.25) is 14.9 Å². The Morgan fingerprint density at radius 1 is 1.21 bits per heavy atom. The summed E-state index contributed by atoms with van der Waals surface area (Å²) in [5.74, 6) is -1.33. The Labute approximate surface area is 232 Å². The number of aryl methyl sites for hydroxylation is 1. The topological polar surface area (TPSA) is 99.5 Å². The van der Waals surface area contributed by atoms with Crippen molar-refractivity contribution < 1.29 is 24.2 Å². The van der Waals surface area contributed by atoms with Crippen LogP contribution in [0.5, 0.6) is 0 Å². The number of fused-ring (bicyclic) bond motifs is 5. The minimum atomic E-state index is -1.95. The molecule has 0 spiro atoms. The van der Waals surface area contributed by atoms with Gasteiger partial charge in [0.2, 0.25) is 0 Å². The van der Waals surface area contributed by atoms with E-state index in [1.54, 1.807) is 30.5 Å². The van der Waals surface area contributed by atoms with Crippen molar-refractivity contribution in [3.8, 4) is 0 Å². The summed E-state index contributed by atoms with van der Waals surface area (Å²) in [7, 11) is 0. The maximum absolute atomic E-state index is 17.4. The average molecular weight is 551 g/mol. The fraction of sp³-hybridized carbons (Fsp3) is 0.516. The molecule has 0 aliphatic heterocycles. The molecule has 3 saturated carbocycles. The Bertz CT molecular complexity index is 1420. The number of thiazole rings is 1. The van der Waals surface area contributed by atoms with Crippen LogP contribution in [0.3, 0.4) is 0 Å². The van der Waals surface area contributed by atoms with E-state index in [1.165, 1.54) is 23.5 Å². The van der Waals surface area contributed by atoms with Gasteiger partial charge in [0.15, 0.2) is 16.6 Å². The highest BCUT2D eigenvalue weighted by Gasteiger charge is 2.74. The lowest BCUT2D eigenvalue weighted by atomic mass is 9.44. The molecule has 6 nitrogen and oxygen atoms in total. The van der Waals surface area contributed by atoms with Crippen LogP contribution in [0, 0.1) is 35.5 Å². The van der Waals surface area contributed by atoms with Gasteiger partial charge in [-0.15, -0.1) is 11.3 Å². The number of rotatable bonds is 3. The number of hydrogen-bond acceptors (Lipinski definition) is 6. The lowest BCUT2D eigenvalue weighted by Gasteiger charge is -2.62. The summed E-state index contributed by atoms with van der Waals surface area (Å²) >= 11 is 1.25. The SMILES string of the molecule is Cc1ccc(C(=O)Nc2nc(C3(O)C(C)CC4C5CCC6=CC(=O)C=CC6(C)C5(F)C(O)CC43C)cs2)cc1. The molecule has 3 fully saturated rings. The highest BCUT2D eigenvalue weighted by atomic mass is 32.1. The number of ketones is 1. The van der Waals surface area contributed by atoms with Gasteiger partial charge < -0.3 is 10.2 Å². The Kier molecular flexibility index (Phi) is 5.89. The van der Waals surface area contributed by atoms with Gasteiger partial charge in [-0.2, -0.15) is 0 Å². The summed E-state index contributed by atoms with van der Waals surface area (Å²) in [6, 6.07) is 7.26. The molecule has 0 bridgehead atoms. The van der Waals surface area contributed by atoms with Crippen molar-refractivity contribution in [2.24, 2.45) is 28.6 Å². The standard InChI is InChI=1S/C31H35FN2O4S/c1-17-5-7-19(8-6-17)26(37)34-27-33-24(16-39-27)31(38)18(2)13-23-22-10-9-20-14-21(35)11-12-28(20,3)30(22,32)25(36)15-29(23,31)4/h5-8,11-12,14,16,18,22-23,25,36,38H,9-10,13,15H2,1-4H3,(H,33,34,37). The smallest absolute Gasteiger partial charge is 0.257 e. The van der Waals surface area contributed by atoms with Gasteiger partial charge in [-0.05, 0) is 75.7 Å². The molecule has 2 aromatic rings. The molecule has 1 aromatic carbocycles. The summed E-state index contributed by atoms with van der Waals surface area (Å²) in [6.45, 7) is 7.68. The summed E-state index contributed by atoms with van der Waals surface area (Å²) in [4.78, 5) is 29.5. The molecule has 1 amide bonds. The van der Waals surface area contributed by atoms with Crippen LogP contribution in [0.15, 0.2) is 53.4 Å². The fourth-order valence-electron chi connectivity index (χ4n) is 8.47. The third-order valence-corrected chi connectivity index (χ3v) is 11.4. The zero-order valence-electron chi connectivity index (χ0n) is 22.7. The molecule has 4 aliphatic carbocycles. The molecular formula is C31H35FN2O4S. The van der Waals surface area contributed by atoms with Crippen molar-refractivity contribution in [1.29, 1.82) is 0 Å². The van der Waals surface area contributed by atoms with Gasteiger partial charge in [0.05, 0.1) is 11.8 Å². The molecule has 8 atom stereocenters. The number of aliphatic hydroxyl groups is 2. The van der Waals surface area contributed by atoms with Gasteiger partial charge in [-0.1, -0.05) is 43.2 Å². The monoisotopic (exact) mass is 550 g/mol. The molecule has 1 heterocycles. The molecule has 1 aromatic heterocycles. The molecule has 6 rings (SSSR count). The Hall–Kier alpha value is -2.68. The molecule has 206 valence electrons. The van der Waals surface area contributed by atoms with E-state index >= 15 is 4.39 Å². The first-order valence-electron chi connectivity index (χ1n) is 13.7. The third kappa shape index (κ3) is 3.47. The Morgan fingerprint density at radius 2 is 1.92 bits per heavy atom. The van der Waals surface area contributed by atoms with E-state index in [0.29, 0.717) is 35.7 Å². The van der Waals surface area contributed by atoms with Crippen LogP contribution in [0.4, 0.5) is 9.52 Å². The second kappa shape index (κ2) is 8.66. The van der Waals surface area contributed by atoms with Gasteiger partial charge in [-0.25, -0.2) is 9.37 Å². The van der Waals surface area contributed by atoms with Crippen LogP contribution in [0.25, 0.3) is 0 Å². The van der Waals surface area contributed by atoms with E-state index < -0.39 is 34.1 Å². The number of nitrogens with one attached hydrogen (secondary N) is 1. The summed E-state index contributed by atoms with van der Waals surface area (Å²) in [6.07, 6.45) is 5.03. The minimum Gasteiger partial charge on any atom is -0.390 e. The number of carbonyl (C=O) groups excluding carboxylic acids is 2. The number of alkyl halides is 1. The van der Waals surface area contributed by atoms with Crippen LogP contribution < -0.4 is 5.32 Å². The van der Waals surface area contributed by atoms with Crippen LogP contribution in [-0.4, -0.2) is 38.7 Å². The van der Waals surface area contributed by atoms with Crippen LogP contribution in [0.2, 0.25) is 0 Å². The Morgan fingerprint density at radius 3 is 2.64 bits per heavy atom. The molecule has 0 radical (unpaired) electrons. The predicted octanol–water partition coefficient (Wildman–Crippen LogP) is 5.51. The maximum atomic E-state index is 17.4. The van der Waals surface area contributed by atoms with Gasteiger partial charge in [0.1, 0.15) is 5.60 Å². The average Bonchev–Trinajstić information content (AvgIpc) is 3.43. The lowest BCUT2D eigenvalue weighted by Crippen LogP contribution is -2.68. The normalized spacial score (nSPS) is 40.9. The number of benzene rings is 1. The third-order valence-electron chi connectivity index (χ3n) is 10.7. The van der Waals surface area contributed by atoms with Crippen molar-refractivity contribution in [2.75, 3.05) is 5.32 Å². The molecular weight excluding hydrogens is 515 g/mol. The molecule has 8 heteroatoms. The fourth-order valence-corrected chi connectivity index (χ4v) is 9.23. The number of aromatic nitrogens is 1. The first-order valence-corrected chi connectivity index (χ1v) is 14.6. The first kappa shape index (κ1) is 26.5. The van der Waals surface area contributed by atoms with Crippen molar-refractivity contribution >= 4 is 28.2 Å². The van der Waals surface area contributed by atoms with Crippen molar-refractivity contribution in [3.63, 3.8) is 0 Å². The number of halogens is 1. The quantitative estimate of drug-likeness (QED) is 0.468. The zero-order valence-corrected chi connectivity index (χ0v) is 23.5. The highest BCUT2D eigenvalue weighted by Crippen LogP contribution is 2.72. The van der Waals surface area contributed by atoms with Gasteiger partial charge in [0, 0.05) is 27.7 Å². The van der Waals surface area contributed by atoms with Gasteiger partial charge >= 0.3 is 0 Å². The number of allylic oxidation sites excluding steroid dienone is 4. The summed E-state index contributed by atoms with van der Waals surface area (Å²) < 4.78 is 17.4. The van der Waals surface area contributed by atoms with E-state index in [0.717, 1.165) is 11.1 Å². The maximum Gasteiger partial charge on any atom is 0.257 e. The molecule has 39 heavy (non-hydrogen) atoms. The largest absolute Gasteiger partial charge is 0.390 e. The van der Waals surface area contributed by atoms with E-state index in [-0.39, 0.29) is 29.9 Å². The number of carbonyl (C=O) groups is 2. The van der Waals surface area contributed by atoms with Crippen molar-refractivity contribution in [1.82, 2.24) is 4.98 Å². The first-order chi connectivity index (χ1) is 18.3. The molecule has 4 aliphatic rings. The highest BCUT2D eigenvalue weighted by molar-refractivity contribution is 7.14. The lowest BCUT2D eigenvalue weighted by molar-refractivity contribution is -0.223. The van der Waals surface area contributed by atoms with Crippen LogP contribution >= 0.6 is 11.3 Å². The Balaban J connectivity index is 1.33. The summed E-state index contributed by atoms with van der Waals surface area (Å²) in [5.41, 5.74) is -2.48.